The highest BCUT2D eigenvalue weighted by Crippen LogP contribution is 2.41. The van der Waals surface area contributed by atoms with Crippen molar-refractivity contribution in [3.05, 3.63) is 29.8 Å². The van der Waals surface area contributed by atoms with Crippen LogP contribution >= 0.6 is 11.8 Å². The number of aliphatic hydroxyl groups excluding tert-OH is 1. The lowest BCUT2D eigenvalue weighted by molar-refractivity contribution is 0.135. The maximum Gasteiger partial charge on any atom is 0.0543 e. The molecule has 1 heterocycles. The van der Waals surface area contributed by atoms with Crippen LogP contribution in [0, 0.1) is 5.92 Å². The maximum absolute atomic E-state index is 9.92. The van der Waals surface area contributed by atoms with E-state index in [1.54, 1.807) is 0 Å². The van der Waals surface area contributed by atoms with Gasteiger partial charge in [0.1, 0.15) is 0 Å². The van der Waals surface area contributed by atoms with Gasteiger partial charge in [0, 0.05) is 10.6 Å². The molecule has 2 heteroatoms. The number of hydrogen-bond acceptors (Lipinski definition) is 2. The molecular formula is C15H22OS. The van der Waals surface area contributed by atoms with Gasteiger partial charge in [-0.05, 0) is 42.7 Å². The Hall–Kier alpha value is -0.470. The van der Waals surface area contributed by atoms with E-state index in [1.165, 1.54) is 16.2 Å². The van der Waals surface area contributed by atoms with Crippen LogP contribution in [0.5, 0.6) is 0 Å². The Morgan fingerprint density at radius 3 is 2.88 bits per heavy atom. The maximum atomic E-state index is 9.92. The molecule has 0 saturated carbocycles. The molecule has 0 fully saturated rings. The molecule has 2 atom stereocenters. The van der Waals surface area contributed by atoms with Gasteiger partial charge < -0.3 is 5.11 Å². The summed E-state index contributed by atoms with van der Waals surface area (Å²) in [4.78, 5) is 1.44. The van der Waals surface area contributed by atoms with E-state index in [0.29, 0.717) is 11.8 Å². The highest BCUT2D eigenvalue weighted by Gasteiger charge is 2.23. The Balaban J connectivity index is 1.85. The molecule has 0 spiro atoms. The minimum Gasteiger partial charge on any atom is -0.393 e. The first-order chi connectivity index (χ1) is 8.16. The topological polar surface area (TPSA) is 20.2 Å². The summed E-state index contributed by atoms with van der Waals surface area (Å²) >= 11 is 1.96. The fourth-order valence-corrected chi connectivity index (χ4v) is 3.83. The van der Waals surface area contributed by atoms with Gasteiger partial charge in [0.05, 0.1) is 6.10 Å². The van der Waals surface area contributed by atoms with E-state index in [9.17, 15) is 5.11 Å². The van der Waals surface area contributed by atoms with Crippen LogP contribution in [0.1, 0.15) is 44.6 Å². The van der Waals surface area contributed by atoms with Gasteiger partial charge in [0.25, 0.3) is 0 Å². The second-order valence-corrected chi connectivity index (χ2v) is 6.47. The summed E-state index contributed by atoms with van der Waals surface area (Å²) in [5.41, 5.74) is 1.49. The molecule has 17 heavy (non-hydrogen) atoms. The van der Waals surface area contributed by atoms with Crippen LogP contribution in [0.2, 0.25) is 0 Å². The molecule has 2 rings (SSSR count). The second kappa shape index (κ2) is 5.92. The van der Waals surface area contributed by atoms with Gasteiger partial charge in [-0.25, -0.2) is 0 Å². The summed E-state index contributed by atoms with van der Waals surface area (Å²) in [6, 6.07) is 8.70. The number of thioether (sulfide) groups is 1. The van der Waals surface area contributed by atoms with Gasteiger partial charge in [-0.1, -0.05) is 32.0 Å². The van der Waals surface area contributed by atoms with E-state index in [4.69, 9.17) is 0 Å². The van der Waals surface area contributed by atoms with Crippen LogP contribution in [-0.2, 0) is 0 Å². The number of fused-ring (bicyclic) bond motifs is 1. The number of aliphatic hydroxyl groups is 1. The monoisotopic (exact) mass is 250 g/mol. The van der Waals surface area contributed by atoms with Gasteiger partial charge in [0.2, 0.25) is 0 Å². The Kier molecular flexibility index (Phi) is 4.52. The minimum atomic E-state index is -0.118. The van der Waals surface area contributed by atoms with Crippen molar-refractivity contribution in [2.45, 2.75) is 50.0 Å². The van der Waals surface area contributed by atoms with E-state index in [-0.39, 0.29) is 6.10 Å². The molecule has 0 amide bonds. The van der Waals surface area contributed by atoms with E-state index >= 15 is 0 Å². The Morgan fingerprint density at radius 2 is 2.12 bits per heavy atom. The molecule has 2 unspecified atom stereocenters. The fraction of sp³-hybridized carbons (Fsp3) is 0.600. The third-order valence-corrected chi connectivity index (χ3v) is 4.64. The van der Waals surface area contributed by atoms with Crippen LogP contribution < -0.4 is 0 Å². The molecule has 1 nitrogen and oxygen atoms in total. The average molecular weight is 250 g/mol. The predicted molar refractivity (Wildman–Crippen MR) is 74.6 cm³/mol. The Morgan fingerprint density at radius 1 is 1.35 bits per heavy atom. The van der Waals surface area contributed by atoms with Gasteiger partial charge >= 0.3 is 0 Å². The summed E-state index contributed by atoms with van der Waals surface area (Å²) < 4.78 is 0. The molecule has 1 aliphatic rings. The minimum absolute atomic E-state index is 0.118. The smallest absolute Gasteiger partial charge is 0.0543 e. The average Bonchev–Trinajstić information content (AvgIpc) is 2.69. The normalized spacial score (nSPS) is 20.6. The number of hydrogen-bond donors (Lipinski definition) is 1. The third-order valence-electron chi connectivity index (χ3n) is 3.39. The second-order valence-electron chi connectivity index (χ2n) is 5.41. The first-order valence-corrected chi connectivity index (χ1v) is 7.55. The first-order valence-electron chi connectivity index (χ1n) is 6.56. The third kappa shape index (κ3) is 3.49. The quantitative estimate of drug-likeness (QED) is 0.850. The molecule has 0 radical (unpaired) electrons. The zero-order chi connectivity index (χ0) is 12.3. The molecule has 1 aromatic carbocycles. The van der Waals surface area contributed by atoms with Crippen LogP contribution in [-0.4, -0.2) is 17.0 Å². The largest absolute Gasteiger partial charge is 0.393 e. The van der Waals surface area contributed by atoms with Crippen molar-refractivity contribution in [3.63, 3.8) is 0 Å². The number of rotatable bonds is 5. The molecule has 94 valence electrons. The van der Waals surface area contributed by atoms with Crippen LogP contribution in [0.25, 0.3) is 0 Å². The molecular weight excluding hydrogens is 228 g/mol. The van der Waals surface area contributed by atoms with Crippen molar-refractivity contribution >= 4 is 11.8 Å². The molecule has 1 aromatic rings. The summed E-state index contributed by atoms with van der Waals surface area (Å²) in [7, 11) is 0. The molecule has 0 aromatic heterocycles. The number of benzene rings is 1. The lowest BCUT2D eigenvalue weighted by atomic mass is 9.93. The predicted octanol–water partition coefficient (Wildman–Crippen LogP) is 4.06. The van der Waals surface area contributed by atoms with E-state index in [1.807, 2.05) is 11.8 Å². The van der Waals surface area contributed by atoms with Gasteiger partial charge in [-0.2, -0.15) is 0 Å². The van der Waals surface area contributed by atoms with Crippen molar-refractivity contribution in [2.24, 2.45) is 5.92 Å². The van der Waals surface area contributed by atoms with Crippen molar-refractivity contribution in [3.8, 4) is 0 Å². The van der Waals surface area contributed by atoms with Gasteiger partial charge in [-0.15, -0.1) is 11.8 Å². The lowest BCUT2D eigenvalue weighted by Crippen LogP contribution is -2.12. The molecule has 1 N–H and O–H groups in total. The van der Waals surface area contributed by atoms with E-state index in [2.05, 4.69) is 38.1 Å². The van der Waals surface area contributed by atoms with Gasteiger partial charge in [0.15, 0.2) is 0 Å². The molecule has 1 aliphatic heterocycles. The highest BCUT2D eigenvalue weighted by molar-refractivity contribution is 7.99. The zero-order valence-electron chi connectivity index (χ0n) is 10.7. The van der Waals surface area contributed by atoms with Crippen LogP contribution in [0.15, 0.2) is 29.2 Å². The summed E-state index contributed by atoms with van der Waals surface area (Å²) in [6.45, 7) is 4.34. The Bertz CT molecular complexity index is 362. The standard InChI is InChI=1S/C15H22OS/c1-11(2)9-13(16)8-7-12-10-17-15-6-4-3-5-14(12)15/h3-6,11-13,16H,7-10H2,1-2H3. The lowest BCUT2D eigenvalue weighted by Gasteiger charge is -2.16. The first kappa shape index (κ1) is 13.0. The van der Waals surface area contributed by atoms with Crippen molar-refractivity contribution in [1.82, 2.24) is 0 Å². The molecule has 0 saturated heterocycles. The summed E-state index contributed by atoms with van der Waals surface area (Å²) in [5.74, 6) is 2.43. The van der Waals surface area contributed by atoms with Crippen molar-refractivity contribution in [1.29, 1.82) is 0 Å². The Labute approximate surface area is 109 Å². The fourth-order valence-electron chi connectivity index (χ4n) is 2.52. The summed E-state index contributed by atoms with van der Waals surface area (Å²) in [6.07, 6.45) is 2.88. The zero-order valence-corrected chi connectivity index (χ0v) is 11.5. The summed E-state index contributed by atoms with van der Waals surface area (Å²) in [5, 5.41) is 9.92. The SMILES string of the molecule is CC(C)CC(O)CCC1CSc2ccccc21. The molecule has 0 bridgehead atoms. The van der Waals surface area contributed by atoms with E-state index < -0.39 is 0 Å². The van der Waals surface area contributed by atoms with Crippen LogP contribution in [0.4, 0.5) is 0 Å². The van der Waals surface area contributed by atoms with Gasteiger partial charge in [-0.3, -0.25) is 0 Å². The van der Waals surface area contributed by atoms with Crippen LogP contribution in [0.3, 0.4) is 0 Å². The van der Waals surface area contributed by atoms with Crippen molar-refractivity contribution in [2.75, 3.05) is 5.75 Å². The van der Waals surface area contributed by atoms with Crippen molar-refractivity contribution < 1.29 is 5.11 Å². The van der Waals surface area contributed by atoms with E-state index in [0.717, 1.165) is 19.3 Å². The molecule has 0 aliphatic carbocycles. The highest BCUT2D eigenvalue weighted by atomic mass is 32.2.